The van der Waals surface area contributed by atoms with E-state index in [1.165, 1.54) is 44.5 Å². The van der Waals surface area contributed by atoms with Crippen LogP contribution in [0.1, 0.15) is 36.1 Å². The van der Waals surface area contributed by atoms with E-state index >= 15 is 0 Å². The molecule has 0 atom stereocenters. The van der Waals surface area contributed by atoms with Gasteiger partial charge in [0.2, 0.25) is 0 Å². The van der Waals surface area contributed by atoms with E-state index in [9.17, 15) is 0 Å². The highest BCUT2D eigenvalue weighted by Crippen LogP contribution is 2.50. The Kier molecular flexibility index (Phi) is 6.35. The van der Waals surface area contributed by atoms with Crippen molar-refractivity contribution in [3.05, 3.63) is 144 Å². The number of rotatable bonds is 6. The minimum Gasteiger partial charge on any atom is -0.284 e. The van der Waals surface area contributed by atoms with E-state index in [2.05, 4.69) is 135 Å². The summed E-state index contributed by atoms with van der Waals surface area (Å²) in [6.07, 6.45) is 0. The van der Waals surface area contributed by atoms with E-state index in [4.69, 9.17) is 4.99 Å². The van der Waals surface area contributed by atoms with Gasteiger partial charge >= 0.3 is 0 Å². The van der Waals surface area contributed by atoms with Crippen molar-refractivity contribution in [2.75, 3.05) is 6.54 Å². The average Bonchev–Trinajstić information content (AvgIpc) is 3.24. The molecule has 1 aliphatic carbocycles. The van der Waals surface area contributed by atoms with Crippen LogP contribution >= 0.6 is 0 Å². The third-order valence-electron chi connectivity index (χ3n) is 6.09. The van der Waals surface area contributed by atoms with Crippen LogP contribution in [-0.2, 0) is 0 Å². The summed E-state index contributed by atoms with van der Waals surface area (Å²) in [5.74, 6) is 0.475. The Hall–Kier alpha value is -3.97. The summed E-state index contributed by atoms with van der Waals surface area (Å²) in [6.45, 7) is 5.24. The van der Waals surface area contributed by atoms with Gasteiger partial charge in [0.25, 0.3) is 0 Å². The maximum atomic E-state index is 5.29. The Morgan fingerprint density at radius 3 is 1.03 bits per heavy atom. The highest BCUT2D eigenvalue weighted by Gasteiger charge is 2.33. The van der Waals surface area contributed by atoms with Crippen molar-refractivity contribution in [2.45, 2.75) is 13.8 Å². The van der Waals surface area contributed by atoms with Gasteiger partial charge in [-0.2, -0.15) is 0 Å². The number of hydrogen-bond donors (Lipinski definition) is 0. The van der Waals surface area contributed by atoms with Crippen molar-refractivity contribution in [1.82, 2.24) is 0 Å². The number of allylic oxidation sites excluding steroid dienone is 4. The molecule has 0 spiro atoms. The summed E-state index contributed by atoms with van der Waals surface area (Å²) in [4.78, 5) is 5.29. The lowest BCUT2D eigenvalue weighted by Gasteiger charge is -2.13. The summed E-state index contributed by atoms with van der Waals surface area (Å²) in [5.41, 5.74) is 10.8. The first kappa shape index (κ1) is 21.9. The van der Waals surface area contributed by atoms with Crippen molar-refractivity contribution < 1.29 is 0 Å². The fraction of sp³-hybridized carbons (Fsp3) is 0.121. The molecule has 1 heteroatoms. The second-order valence-corrected chi connectivity index (χ2v) is 9.05. The first-order valence-corrected chi connectivity index (χ1v) is 12.0. The van der Waals surface area contributed by atoms with Crippen LogP contribution in [0.3, 0.4) is 0 Å². The monoisotopic (exact) mass is 439 g/mol. The van der Waals surface area contributed by atoms with Crippen LogP contribution in [0, 0.1) is 5.92 Å². The van der Waals surface area contributed by atoms with E-state index < -0.39 is 0 Å². The SMILES string of the molecule is CC(C)CN=C1C(c2ccccc2)=C(c2ccccc2)C(c2ccccc2)=C1c1ccccc1. The van der Waals surface area contributed by atoms with Crippen LogP contribution in [0.4, 0.5) is 0 Å². The van der Waals surface area contributed by atoms with Gasteiger partial charge < -0.3 is 0 Å². The molecular weight excluding hydrogens is 410 g/mol. The maximum absolute atomic E-state index is 5.29. The molecule has 0 heterocycles. The summed E-state index contributed by atoms with van der Waals surface area (Å²) in [5, 5.41) is 0. The Balaban J connectivity index is 1.91. The Bertz CT molecular complexity index is 1240. The molecule has 0 radical (unpaired) electrons. The smallest absolute Gasteiger partial charge is 0.0744 e. The lowest BCUT2D eigenvalue weighted by Crippen LogP contribution is -2.06. The molecule has 0 N–H and O–H groups in total. The van der Waals surface area contributed by atoms with E-state index in [0.29, 0.717) is 5.92 Å². The Labute approximate surface area is 202 Å². The topological polar surface area (TPSA) is 12.4 Å². The molecule has 0 fully saturated rings. The fourth-order valence-corrected chi connectivity index (χ4v) is 4.60. The molecule has 0 amide bonds. The first-order chi connectivity index (χ1) is 16.7. The summed E-state index contributed by atoms with van der Waals surface area (Å²) >= 11 is 0. The standard InChI is InChI=1S/C33H29N/c1-24(2)23-34-33-31(27-19-11-5-12-20-27)29(25-15-7-3-8-16-25)30(26-17-9-4-10-18-26)32(33)28-21-13-6-14-22-28/h3-22,24H,23H2,1-2H3. The molecule has 4 aromatic carbocycles. The molecule has 166 valence electrons. The molecule has 0 aromatic heterocycles. The third kappa shape index (κ3) is 4.30. The summed E-state index contributed by atoms with van der Waals surface area (Å²) in [7, 11) is 0. The number of hydrogen-bond acceptors (Lipinski definition) is 1. The summed E-state index contributed by atoms with van der Waals surface area (Å²) < 4.78 is 0. The zero-order valence-corrected chi connectivity index (χ0v) is 19.8. The van der Waals surface area contributed by atoms with Crippen LogP contribution in [0.15, 0.2) is 126 Å². The van der Waals surface area contributed by atoms with E-state index in [-0.39, 0.29) is 0 Å². The highest BCUT2D eigenvalue weighted by molar-refractivity contribution is 6.60. The predicted molar refractivity (Wildman–Crippen MR) is 147 cm³/mol. The fourth-order valence-electron chi connectivity index (χ4n) is 4.60. The second kappa shape index (κ2) is 9.89. The number of nitrogens with zero attached hydrogens (tertiary/aromatic N) is 1. The number of aliphatic imine (C=N–C) groups is 1. The third-order valence-corrected chi connectivity index (χ3v) is 6.09. The molecule has 5 rings (SSSR count). The molecule has 0 unspecified atom stereocenters. The molecule has 0 saturated heterocycles. The van der Waals surface area contributed by atoms with Crippen molar-refractivity contribution in [1.29, 1.82) is 0 Å². The first-order valence-electron chi connectivity index (χ1n) is 12.0. The van der Waals surface area contributed by atoms with E-state index in [1.54, 1.807) is 0 Å². The van der Waals surface area contributed by atoms with Gasteiger partial charge in [-0.3, -0.25) is 4.99 Å². The zero-order valence-electron chi connectivity index (χ0n) is 19.8. The van der Waals surface area contributed by atoms with E-state index in [0.717, 1.165) is 12.3 Å². The van der Waals surface area contributed by atoms with Gasteiger partial charge in [0.15, 0.2) is 0 Å². The van der Waals surface area contributed by atoms with Gasteiger partial charge in [-0.25, -0.2) is 0 Å². The van der Waals surface area contributed by atoms with Gasteiger partial charge in [0.1, 0.15) is 0 Å². The van der Waals surface area contributed by atoms with Crippen LogP contribution in [-0.4, -0.2) is 12.3 Å². The van der Waals surface area contributed by atoms with E-state index in [1.807, 2.05) is 0 Å². The quantitative estimate of drug-likeness (QED) is 0.286. The van der Waals surface area contributed by atoms with Crippen molar-refractivity contribution in [2.24, 2.45) is 10.9 Å². The minimum absolute atomic E-state index is 0.475. The van der Waals surface area contributed by atoms with Gasteiger partial charge in [0.05, 0.1) is 5.71 Å². The van der Waals surface area contributed by atoms with Crippen molar-refractivity contribution >= 4 is 28.0 Å². The molecular formula is C33H29N. The van der Waals surface area contributed by atoms with Crippen LogP contribution in [0.25, 0.3) is 22.3 Å². The highest BCUT2D eigenvalue weighted by atomic mass is 14.8. The van der Waals surface area contributed by atoms with Crippen LogP contribution in [0.5, 0.6) is 0 Å². The molecule has 1 nitrogen and oxygen atoms in total. The zero-order chi connectivity index (χ0) is 23.3. The molecule has 4 aromatic rings. The Morgan fingerprint density at radius 1 is 0.441 bits per heavy atom. The van der Waals surface area contributed by atoms with Gasteiger partial charge in [-0.1, -0.05) is 135 Å². The predicted octanol–water partition coefficient (Wildman–Crippen LogP) is 8.32. The number of benzene rings is 4. The lowest BCUT2D eigenvalue weighted by atomic mass is 9.89. The van der Waals surface area contributed by atoms with Crippen molar-refractivity contribution in [3.8, 4) is 0 Å². The second-order valence-electron chi connectivity index (χ2n) is 9.05. The lowest BCUT2D eigenvalue weighted by molar-refractivity contribution is 0.666. The normalized spacial score (nSPS) is 13.7. The molecule has 1 aliphatic rings. The van der Waals surface area contributed by atoms with Crippen LogP contribution < -0.4 is 0 Å². The van der Waals surface area contributed by atoms with Gasteiger partial charge in [-0.05, 0) is 28.2 Å². The largest absolute Gasteiger partial charge is 0.284 e. The van der Waals surface area contributed by atoms with Crippen molar-refractivity contribution in [3.63, 3.8) is 0 Å². The Morgan fingerprint density at radius 2 is 0.735 bits per heavy atom. The minimum atomic E-state index is 0.475. The maximum Gasteiger partial charge on any atom is 0.0744 e. The summed E-state index contributed by atoms with van der Waals surface area (Å²) in [6, 6.07) is 43.0. The molecule has 34 heavy (non-hydrogen) atoms. The van der Waals surface area contributed by atoms with Gasteiger partial charge in [0, 0.05) is 28.8 Å². The molecule has 0 saturated carbocycles. The molecule has 0 bridgehead atoms. The van der Waals surface area contributed by atoms with Crippen LogP contribution in [0.2, 0.25) is 0 Å². The average molecular weight is 440 g/mol. The molecule has 0 aliphatic heterocycles. The van der Waals surface area contributed by atoms with Gasteiger partial charge in [-0.15, -0.1) is 0 Å².